The van der Waals surface area contributed by atoms with Crippen molar-refractivity contribution in [1.82, 2.24) is 20.2 Å². The van der Waals surface area contributed by atoms with Crippen molar-refractivity contribution < 1.29 is 4.79 Å². The molecule has 0 atom stereocenters. The summed E-state index contributed by atoms with van der Waals surface area (Å²) in [6, 6.07) is 6.74. The molecular weight excluding hydrogens is 349 g/mol. The molecular formula is C16H19Cl2N5O. The van der Waals surface area contributed by atoms with Crippen molar-refractivity contribution in [3.05, 3.63) is 46.3 Å². The van der Waals surface area contributed by atoms with Crippen molar-refractivity contribution in [2.45, 2.75) is 6.42 Å². The number of nitrogens with one attached hydrogen (secondary N) is 2. The molecule has 6 nitrogen and oxygen atoms in total. The van der Waals surface area contributed by atoms with E-state index in [0.717, 1.165) is 18.7 Å². The lowest BCUT2D eigenvalue weighted by atomic mass is 10.3. The fourth-order valence-electron chi connectivity index (χ4n) is 1.96. The van der Waals surface area contributed by atoms with E-state index in [2.05, 4.69) is 25.5 Å². The summed E-state index contributed by atoms with van der Waals surface area (Å²) >= 11 is 11.9. The molecule has 8 heteroatoms. The number of amides is 1. The molecule has 0 saturated carbocycles. The Labute approximate surface area is 151 Å². The van der Waals surface area contributed by atoms with E-state index in [9.17, 15) is 4.79 Å². The van der Waals surface area contributed by atoms with Crippen LogP contribution >= 0.6 is 23.2 Å². The number of carbonyl (C=O) groups is 1. The third-order valence-corrected chi connectivity index (χ3v) is 3.90. The average Bonchev–Trinajstić information content (AvgIpc) is 2.55. The van der Waals surface area contributed by atoms with Gasteiger partial charge in [-0.05, 0) is 45.3 Å². The number of benzene rings is 1. The minimum Gasteiger partial charge on any atom is -0.351 e. The maximum atomic E-state index is 12.1. The van der Waals surface area contributed by atoms with Crippen LogP contribution in [0.25, 0.3) is 0 Å². The van der Waals surface area contributed by atoms with Gasteiger partial charge < -0.3 is 15.5 Å². The lowest BCUT2D eigenvalue weighted by Crippen LogP contribution is -2.27. The van der Waals surface area contributed by atoms with Gasteiger partial charge >= 0.3 is 0 Å². The predicted octanol–water partition coefficient (Wildman–Crippen LogP) is 3.21. The van der Waals surface area contributed by atoms with E-state index < -0.39 is 0 Å². The Bertz CT molecular complexity index is 709. The quantitative estimate of drug-likeness (QED) is 0.735. The molecule has 0 saturated heterocycles. The normalized spacial score (nSPS) is 10.7. The molecule has 0 fully saturated rings. The largest absolute Gasteiger partial charge is 0.351 e. The zero-order chi connectivity index (χ0) is 17.5. The van der Waals surface area contributed by atoms with E-state index in [4.69, 9.17) is 23.2 Å². The molecule has 0 bridgehead atoms. The highest BCUT2D eigenvalue weighted by Gasteiger charge is 2.09. The van der Waals surface area contributed by atoms with Crippen molar-refractivity contribution in [3.63, 3.8) is 0 Å². The molecule has 1 amide bonds. The third-order valence-electron chi connectivity index (χ3n) is 3.16. The summed E-state index contributed by atoms with van der Waals surface area (Å²) in [6.07, 6.45) is 2.22. The molecule has 0 radical (unpaired) electrons. The van der Waals surface area contributed by atoms with Crippen LogP contribution in [-0.2, 0) is 0 Å². The van der Waals surface area contributed by atoms with E-state index in [1.165, 1.54) is 6.33 Å². The van der Waals surface area contributed by atoms with Gasteiger partial charge in [-0.3, -0.25) is 4.79 Å². The average molecular weight is 368 g/mol. The maximum absolute atomic E-state index is 12.1. The van der Waals surface area contributed by atoms with Crippen LogP contribution in [0.2, 0.25) is 10.0 Å². The number of hydrogen-bond donors (Lipinski definition) is 2. The number of anilines is 2. The highest BCUT2D eigenvalue weighted by molar-refractivity contribution is 6.42. The highest BCUT2D eigenvalue weighted by Crippen LogP contribution is 2.26. The molecule has 2 rings (SSSR count). The molecule has 0 aliphatic carbocycles. The van der Waals surface area contributed by atoms with Crippen LogP contribution in [0.15, 0.2) is 30.6 Å². The van der Waals surface area contributed by atoms with Crippen LogP contribution in [0.5, 0.6) is 0 Å². The first-order chi connectivity index (χ1) is 11.5. The number of aromatic nitrogens is 2. The smallest absolute Gasteiger partial charge is 0.270 e. The van der Waals surface area contributed by atoms with E-state index in [-0.39, 0.29) is 5.91 Å². The molecule has 2 N–H and O–H groups in total. The van der Waals surface area contributed by atoms with E-state index >= 15 is 0 Å². The van der Waals surface area contributed by atoms with Crippen molar-refractivity contribution >= 4 is 40.6 Å². The molecule has 0 aliphatic heterocycles. The maximum Gasteiger partial charge on any atom is 0.270 e. The first-order valence-corrected chi connectivity index (χ1v) is 8.18. The summed E-state index contributed by atoms with van der Waals surface area (Å²) in [5, 5.41) is 6.82. The molecule has 128 valence electrons. The van der Waals surface area contributed by atoms with Crippen molar-refractivity contribution in [2.24, 2.45) is 0 Å². The fraction of sp³-hybridized carbons (Fsp3) is 0.312. The summed E-state index contributed by atoms with van der Waals surface area (Å²) in [4.78, 5) is 22.3. The third kappa shape index (κ3) is 5.63. The van der Waals surface area contributed by atoms with Crippen molar-refractivity contribution in [1.29, 1.82) is 0 Å². The van der Waals surface area contributed by atoms with Crippen molar-refractivity contribution in [2.75, 3.05) is 32.5 Å². The molecule has 0 unspecified atom stereocenters. The van der Waals surface area contributed by atoms with Gasteiger partial charge in [0.2, 0.25) is 0 Å². The highest BCUT2D eigenvalue weighted by atomic mass is 35.5. The standard InChI is InChI=1S/C16H19Cl2N5O/c1-23(2)7-3-6-19-16(24)14-9-15(21-10-20-14)22-11-4-5-12(17)13(18)8-11/h4-5,8-10H,3,6-7H2,1-2H3,(H,19,24)(H,20,21,22). The summed E-state index contributed by atoms with van der Waals surface area (Å²) in [7, 11) is 3.99. The predicted molar refractivity (Wildman–Crippen MR) is 97.3 cm³/mol. The molecule has 2 aromatic rings. The second kappa shape index (κ2) is 8.82. The van der Waals surface area contributed by atoms with E-state index in [0.29, 0.717) is 28.1 Å². The number of nitrogens with zero attached hydrogens (tertiary/aromatic N) is 3. The Morgan fingerprint density at radius 1 is 1.17 bits per heavy atom. The van der Waals surface area contributed by atoms with Crippen molar-refractivity contribution in [3.8, 4) is 0 Å². The van der Waals surface area contributed by atoms with Gasteiger partial charge in [-0.25, -0.2) is 9.97 Å². The van der Waals surface area contributed by atoms with Gasteiger partial charge in [0.1, 0.15) is 17.8 Å². The summed E-state index contributed by atoms with van der Waals surface area (Å²) in [5.41, 5.74) is 1.03. The van der Waals surface area contributed by atoms with Crippen LogP contribution in [0.3, 0.4) is 0 Å². The SMILES string of the molecule is CN(C)CCCNC(=O)c1cc(Nc2ccc(Cl)c(Cl)c2)ncn1. The Hall–Kier alpha value is -1.89. The molecule has 0 spiro atoms. The Morgan fingerprint density at radius 2 is 1.96 bits per heavy atom. The molecule has 0 aliphatic rings. The van der Waals surface area contributed by atoms with Gasteiger partial charge in [0.05, 0.1) is 10.0 Å². The van der Waals surface area contributed by atoms with Crippen LogP contribution < -0.4 is 10.6 Å². The van der Waals surface area contributed by atoms with E-state index in [1.807, 2.05) is 14.1 Å². The molecule has 24 heavy (non-hydrogen) atoms. The number of hydrogen-bond acceptors (Lipinski definition) is 5. The van der Waals surface area contributed by atoms with Crippen LogP contribution in [-0.4, -0.2) is 48.0 Å². The first-order valence-electron chi connectivity index (χ1n) is 7.43. The Morgan fingerprint density at radius 3 is 2.67 bits per heavy atom. The topological polar surface area (TPSA) is 70.2 Å². The monoisotopic (exact) mass is 367 g/mol. The van der Waals surface area contributed by atoms with Crippen LogP contribution in [0.1, 0.15) is 16.9 Å². The van der Waals surface area contributed by atoms with Gasteiger partial charge in [-0.15, -0.1) is 0 Å². The summed E-state index contributed by atoms with van der Waals surface area (Å²) in [5.74, 6) is 0.273. The Balaban J connectivity index is 1.97. The second-order valence-electron chi connectivity index (χ2n) is 5.46. The number of halogens is 2. The van der Waals surface area contributed by atoms with Crippen LogP contribution in [0.4, 0.5) is 11.5 Å². The number of carbonyl (C=O) groups excluding carboxylic acids is 1. The van der Waals surface area contributed by atoms with Crippen LogP contribution in [0, 0.1) is 0 Å². The second-order valence-corrected chi connectivity index (χ2v) is 6.27. The minimum atomic E-state index is -0.228. The lowest BCUT2D eigenvalue weighted by Gasteiger charge is -2.10. The fourth-order valence-corrected chi connectivity index (χ4v) is 2.26. The summed E-state index contributed by atoms with van der Waals surface area (Å²) < 4.78 is 0. The zero-order valence-electron chi connectivity index (χ0n) is 13.5. The van der Waals surface area contributed by atoms with Gasteiger partial charge in [-0.1, -0.05) is 23.2 Å². The van der Waals surface area contributed by atoms with E-state index in [1.54, 1.807) is 24.3 Å². The van der Waals surface area contributed by atoms with Gasteiger partial charge in [-0.2, -0.15) is 0 Å². The molecule has 1 heterocycles. The Kier molecular flexibility index (Phi) is 6.78. The lowest BCUT2D eigenvalue weighted by molar-refractivity contribution is 0.0947. The zero-order valence-corrected chi connectivity index (χ0v) is 15.0. The first kappa shape index (κ1) is 18.4. The van der Waals surface area contributed by atoms with Gasteiger partial charge in [0.25, 0.3) is 5.91 Å². The number of rotatable bonds is 7. The summed E-state index contributed by atoms with van der Waals surface area (Å²) in [6.45, 7) is 1.50. The minimum absolute atomic E-state index is 0.228. The molecule has 1 aromatic carbocycles. The molecule has 1 aromatic heterocycles. The van der Waals surface area contributed by atoms with Gasteiger partial charge in [0.15, 0.2) is 0 Å². The van der Waals surface area contributed by atoms with Gasteiger partial charge in [0, 0.05) is 18.3 Å².